The van der Waals surface area contributed by atoms with Gasteiger partial charge in [-0.15, -0.1) is 0 Å². The molecular formula is C16H12BrFN2O. The summed E-state index contributed by atoms with van der Waals surface area (Å²) in [6.07, 6.45) is 0.205. The molecule has 0 bridgehead atoms. The molecule has 0 N–H and O–H groups in total. The molecule has 0 saturated carbocycles. The van der Waals surface area contributed by atoms with Crippen LogP contribution in [0.4, 0.5) is 10.1 Å². The monoisotopic (exact) mass is 346 g/mol. The summed E-state index contributed by atoms with van der Waals surface area (Å²) in [4.78, 5) is 14.1. The fraction of sp³-hybridized carbons (Fsp3) is 0.125. The average Bonchev–Trinajstić information content (AvgIpc) is 2.47. The van der Waals surface area contributed by atoms with E-state index in [-0.39, 0.29) is 24.4 Å². The quantitative estimate of drug-likeness (QED) is 0.834. The van der Waals surface area contributed by atoms with Crippen molar-refractivity contribution in [2.75, 3.05) is 11.4 Å². The van der Waals surface area contributed by atoms with Gasteiger partial charge in [0.15, 0.2) is 0 Å². The highest BCUT2D eigenvalue weighted by Gasteiger charge is 2.18. The number of carbonyl (C=O) groups excluding carboxylic acids is 1. The van der Waals surface area contributed by atoms with E-state index in [0.717, 1.165) is 0 Å². The second kappa shape index (κ2) is 7.00. The maximum Gasteiger partial charge on any atom is 0.258 e. The maximum absolute atomic E-state index is 13.5. The van der Waals surface area contributed by atoms with Crippen LogP contribution in [0.1, 0.15) is 16.8 Å². The van der Waals surface area contributed by atoms with E-state index < -0.39 is 5.82 Å². The molecule has 0 aliphatic rings. The number of hydrogen-bond donors (Lipinski definition) is 0. The van der Waals surface area contributed by atoms with Gasteiger partial charge >= 0.3 is 0 Å². The lowest BCUT2D eigenvalue weighted by Crippen LogP contribution is -2.31. The fourth-order valence-corrected chi connectivity index (χ4v) is 2.42. The van der Waals surface area contributed by atoms with Crippen molar-refractivity contribution in [3.8, 4) is 6.07 Å². The number of nitriles is 1. The van der Waals surface area contributed by atoms with Crippen LogP contribution in [-0.4, -0.2) is 12.5 Å². The minimum Gasteiger partial charge on any atom is -0.307 e. The minimum absolute atomic E-state index is 0.205. The van der Waals surface area contributed by atoms with Crippen LogP contribution in [0.5, 0.6) is 0 Å². The predicted octanol–water partition coefficient (Wildman–Crippen LogP) is 4.15. The zero-order chi connectivity index (χ0) is 15.2. The Morgan fingerprint density at radius 2 is 1.95 bits per heavy atom. The highest BCUT2D eigenvalue weighted by Crippen LogP contribution is 2.20. The Morgan fingerprint density at radius 1 is 1.24 bits per heavy atom. The Bertz CT molecular complexity index is 662. The molecule has 0 aliphatic heterocycles. The molecule has 0 fully saturated rings. The van der Waals surface area contributed by atoms with Gasteiger partial charge in [0.25, 0.3) is 5.91 Å². The van der Waals surface area contributed by atoms with Gasteiger partial charge in [-0.1, -0.05) is 34.1 Å². The number of rotatable bonds is 4. The smallest absolute Gasteiger partial charge is 0.258 e. The number of para-hydroxylation sites is 1. The van der Waals surface area contributed by atoms with Gasteiger partial charge in [-0.2, -0.15) is 5.26 Å². The Labute approximate surface area is 130 Å². The summed E-state index contributed by atoms with van der Waals surface area (Å²) in [5, 5.41) is 8.75. The van der Waals surface area contributed by atoms with Crippen LogP contribution in [-0.2, 0) is 0 Å². The van der Waals surface area contributed by atoms with E-state index in [1.165, 1.54) is 17.0 Å². The Kier molecular flexibility index (Phi) is 5.07. The molecule has 2 aromatic carbocycles. The van der Waals surface area contributed by atoms with E-state index in [1.54, 1.807) is 18.2 Å². The third kappa shape index (κ3) is 3.89. The Balaban J connectivity index is 2.36. The molecule has 0 heterocycles. The predicted molar refractivity (Wildman–Crippen MR) is 82.4 cm³/mol. The molecule has 0 saturated heterocycles. The van der Waals surface area contributed by atoms with Crippen molar-refractivity contribution in [1.82, 2.24) is 0 Å². The molecule has 21 heavy (non-hydrogen) atoms. The van der Waals surface area contributed by atoms with Crippen LogP contribution < -0.4 is 4.90 Å². The molecule has 0 unspecified atom stereocenters. The Hall–Kier alpha value is -2.19. The molecule has 0 atom stereocenters. The van der Waals surface area contributed by atoms with E-state index in [4.69, 9.17) is 5.26 Å². The summed E-state index contributed by atoms with van der Waals surface area (Å²) >= 11 is 3.18. The zero-order valence-corrected chi connectivity index (χ0v) is 12.7. The van der Waals surface area contributed by atoms with Crippen LogP contribution >= 0.6 is 15.9 Å². The lowest BCUT2D eigenvalue weighted by molar-refractivity contribution is 0.0987. The van der Waals surface area contributed by atoms with E-state index in [2.05, 4.69) is 15.9 Å². The molecule has 106 valence electrons. The zero-order valence-electron chi connectivity index (χ0n) is 11.1. The standard InChI is InChI=1S/C16H12BrFN2O/c17-13-9-12(10-14(18)11-13)16(21)20(8-4-7-19)15-5-2-1-3-6-15/h1-3,5-6,9-11H,4,8H2. The lowest BCUT2D eigenvalue weighted by Gasteiger charge is -2.22. The molecule has 0 aliphatic carbocycles. The largest absolute Gasteiger partial charge is 0.307 e. The third-order valence-electron chi connectivity index (χ3n) is 2.87. The van der Waals surface area contributed by atoms with Gasteiger partial charge in [-0.05, 0) is 30.3 Å². The molecule has 0 spiro atoms. The van der Waals surface area contributed by atoms with E-state index >= 15 is 0 Å². The van der Waals surface area contributed by atoms with Crippen molar-refractivity contribution in [2.45, 2.75) is 6.42 Å². The molecule has 2 aromatic rings. The van der Waals surface area contributed by atoms with Crippen LogP contribution in [0.3, 0.4) is 0 Å². The normalized spacial score (nSPS) is 9.95. The van der Waals surface area contributed by atoms with E-state index in [0.29, 0.717) is 10.2 Å². The first-order valence-electron chi connectivity index (χ1n) is 6.32. The first-order valence-corrected chi connectivity index (χ1v) is 7.11. The van der Waals surface area contributed by atoms with Gasteiger partial charge < -0.3 is 4.90 Å². The second-order valence-electron chi connectivity index (χ2n) is 4.36. The van der Waals surface area contributed by atoms with Crippen LogP contribution in [0.15, 0.2) is 53.0 Å². The maximum atomic E-state index is 13.5. The van der Waals surface area contributed by atoms with Gasteiger partial charge in [-0.25, -0.2) is 4.39 Å². The Morgan fingerprint density at radius 3 is 2.57 bits per heavy atom. The number of carbonyl (C=O) groups is 1. The summed E-state index contributed by atoms with van der Waals surface area (Å²) in [5.41, 5.74) is 0.918. The van der Waals surface area contributed by atoms with Crippen LogP contribution in [0, 0.1) is 17.1 Å². The van der Waals surface area contributed by atoms with Crippen molar-refractivity contribution >= 4 is 27.5 Å². The van der Waals surface area contributed by atoms with E-state index in [1.807, 2.05) is 24.3 Å². The molecule has 0 aromatic heterocycles. The SMILES string of the molecule is N#CCCN(C(=O)c1cc(F)cc(Br)c1)c1ccccc1. The van der Waals surface area contributed by atoms with Crippen LogP contribution in [0.2, 0.25) is 0 Å². The van der Waals surface area contributed by atoms with Gasteiger partial charge in [0, 0.05) is 22.3 Å². The summed E-state index contributed by atoms with van der Waals surface area (Å²) in [7, 11) is 0. The highest BCUT2D eigenvalue weighted by atomic mass is 79.9. The van der Waals surface area contributed by atoms with Gasteiger partial charge in [0.1, 0.15) is 5.82 Å². The lowest BCUT2D eigenvalue weighted by atomic mass is 10.1. The molecule has 2 rings (SSSR count). The van der Waals surface area contributed by atoms with Crippen molar-refractivity contribution in [3.05, 3.63) is 64.4 Å². The van der Waals surface area contributed by atoms with Crippen LogP contribution in [0.25, 0.3) is 0 Å². The molecule has 3 nitrogen and oxygen atoms in total. The van der Waals surface area contributed by atoms with Crippen molar-refractivity contribution < 1.29 is 9.18 Å². The molecule has 0 radical (unpaired) electrons. The first-order chi connectivity index (χ1) is 10.1. The van der Waals surface area contributed by atoms with Crippen molar-refractivity contribution in [3.63, 3.8) is 0 Å². The number of anilines is 1. The first kappa shape index (κ1) is 15.2. The number of amides is 1. The van der Waals surface area contributed by atoms with Gasteiger partial charge in [-0.3, -0.25) is 4.79 Å². The van der Waals surface area contributed by atoms with Gasteiger partial charge in [0.05, 0.1) is 12.5 Å². The van der Waals surface area contributed by atoms with E-state index in [9.17, 15) is 9.18 Å². The summed E-state index contributed by atoms with van der Waals surface area (Å²) in [5.74, 6) is -0.822. The van der Waals surface area contributed by atoms with Crippen molar-refractivity contribution in [1.29, 1.82) is 5.26 Å². The summed E-state index contributed by atoms with van der Waals surface area (Å²) < 4.78 is 14.0. The topological polar surface area (TPSA) is 44.1 Å². The summed E-state index contributed by atoms with van der Waals surface area (Å²) in [6, 6.07) is 15.1. The molecule has 5 heteroatoms. The minimum atomic E-state index is -0.485. The molecule has 1 amide bonds. The number of halogens is 2. The highest BCUT2D eigenvalue weighted by molar-refractivity contribution is 9.10. The summed E-state index contributed by atoms with van der Waals surface area (Å²) in [6.45, 7) is 0.257. The van der Waals surface area contributed by atoms with Gasteiger partial charge in [0.2, 0.25) is 0 Å². The average molecular weight is 347 g/mol. The fourth-order valence-electron chi connectivity index (χ4n) is 1.95. The number of benzene rings is 2. The second-order valence-corrected chi connectivity index (χ2v) is 5.27. The third-order valence-corrected chi connectivity index (χ3v) is 3.33. The number of nitrogens with zero attached hydrogens (tertiary/aromatic N) is 2. The molecular weight excluding hydrogens is 335 g/mol. The number of hydrogen-bond acceptors (Lipinski definition) is 2. The van der Waals surface area contributed by atoms with Crippen molar-refractivity contribution in [2.24, 2.45) is 0 Å².